The van der Waals surface area contributed by atoms with Crippen LogP contribution in [0.4, 0.5) is 5.82 Å². The molecule has 0 saturated carbocycles. The number of rotatable bonds is 7. The molecule has 0 aliphatic carbocycles. The lowest BCUT2D eigenvalue weighted by molar-refractivity contribution is 0.816. The first kappa shape index (κ1) is 15.6. The molecule has 0 atom stereocenters. The first-order chi connectivity index (χ1) is 10.2. The number of aryl methyl sites for hydroxylation is 1. The topological polar surface area (TPSA) is 70.7 Å². The maximum atomic E-state index is 11.6. The highest BCUT2D eigenvalue weighted by Gasteiger charge is 2.03. The number of hydrogen-bond donors (Lipinski definition) is 2. The molecule has 2 rings (SSSR count). The zero-order valence-electron chi connectivity index (χ0n) is 12.3. The normalized spacial score (nSPS) is 10.6. The Kier molecular flexibility index (Phi) is 5.80. The molecule has 0 aliphatic heterocycles. The molecule has 112 valence electrons. The zero-order chi connectivity index (χ0) is 15.1. The zero-order valence-corrected chi connectivity index (χ0v) is 13.2. The van der Waals surface area contributed by atoms with Crippen LogP contribution in [-0.4, -0.2) is 21.5 Å². The van der Waals surface area contributed by atoms with E-state index in [1.165, 1.54) is 11.8 Å². The summed E-state index contributed by atoms with van der Waals surface area (Å²) in [5.74, 6) is 1.62. The minimum absolute atomic E-state index is 0.0842. The van der Waals surface area contributed by atoms with Gasteiger partial charge in [0.15, 0.2) is 5.16 Å². The Hall–Kier alpha value is -1.82. The molecule has 0 aliphatic rings. The largest absolute Gasteiger partial charge is 0.370 e. The molecular weight excluding hydrogens is 284 g/mol. The minimum Gasteiger partial charge on any atom is -0.370 e. The minimum atomic E-state index is -0.0842. The third-order valence-corrected chi connectivity index (χ3v) is 3.78. The van der Waals surface area contributed by atoms with Crippen LogP contribution < -0.4 is 10.9 Å². The van der Waals surface area contributed by atoms with Crippen molar-refractivity contribution in [2.45, 2.75) is 37.6 Å². The summed E-state index contributed by atoms with van der Waals surface area (Å²) in [6.07, 6.45) is 3.60. The van der Waals surface area contributed by atoms with Crippen molar-refractivity contribution in [1.82, 2.24) is 15.0 Å². The van der Waals surface area contributed by atoms with Crippen molar-refractivity contribution in [3.8, 4) is 0 Å². The van der Waals surface area contributed by atoms with Crippen molar-refractivity contribution in [3.63, 3.8) is 0 Å². The molecule has 0 fully saturated rings. The SMILES string of the molecule is CCCc1cc(=O)[nH]c(SCc2ccnc(NCC)c2)n1. The quantitative estimate of drug-likeness (QED) is 0.608. The number of nitrogens with one attached hydrogen (secondary N) is 2. The van der Waals surface area contributed by atoms with Crippen molar-refractivity contribution in [1.29, 1.82) is 0 Å². The van der Waals surface area contributed by atoms with Crippen molar-refractivity contribution >= 4 is 17.6 Å². The molecule has 0 saturated heterocycles. The van der Waals surface area contributed by atoms with Crippen LogP contribution in [0.2, 0.25) is 0 Å². The molecule has 0 amide bonds. The third kappa shape index (κ3) is 4.90. The molecule has 21 heavy (non-hydrogen) atoms. The van der Waals surface area contributed by atoms with Crippen molar-refractivity contribution < 1.29 is 0 Å². The summed E-state index contributed by atoms with van der Waals surface area (Å²) in [6.45, 7) is 4.96. The van der Waals surface area contributed by atoms with E-state index in [1.54, 1.807) is 12.3 Å². The highest BCUT2D eigenvalue weighted by Crippen LogP contribution is 2.19. The fourth-order valence-electron chi connectivity index (χ4n) is 1.93. The number of pyridine rings is 1. The van der Waals surface area contributed by atoms with Crippen LogP contribution in [0.25, 0.3) is 0 Å². The molecular formula is C15H20N4OS. The second kappa shape index (κ2) is 7.83. The van der Waals surface area contributed by atoms with Gasteiger partial charge in [0.25, 0.3) is 5.56 Å². The fourth-order valence-corrected chi connectivity index (χ4v) is 2.77. The number of thioether (sulfide) groups is 1. The maximum absolute atomic E-state index is 11.6. The van der Waals surface area contributed by atoms with E-state index in [-0.39, 0.29) is 5.56 Å². The third-order valence-electron chi connectivity index (χ3n) is 2.84. The van der Waals surface area contributed by atoms with Crippen LogP contribution in [0.15, 0.2) is 34.3 Å². The monoisotopic (exact) mass is 304 g/mol. The van der Waals surface area contributed by atoms with E-state index in [0.717, 1.165) is 42.2 Å². The Morgan fingerprint density at radius 1 is 1.33 bits per heavy atom. The van der Waals surface area contributed by atoms with Gasteiger partial charge in [0.2, 0.25) is 0 Å². The lowest BCUT2D eigenvalue weighted by atomic mass is 10.2. The predicted octanol–water partition coefficient (Wildman–Crippen LogP) is 2.84. The van der Waals surface area contributed by atoms with E-state index in [9.17, 15) is 4.79 Å². The van der Waals surface area contributed by atoms with E-state index >= 15 is 0 Å². The van der Waals surface area contributed by atoms with E-state index in [4.69, 9.17) is 0 Å². The van der Waals surface area contributed by atoms with Gasteiger partial charge in [0.05, 0.1) is 0 Å². The summed E-state index contributed by atoms with van der Waals surface area (Å²) in [4.78, 5) is 23.1. The molecule has 0 radical (unpaired) electrons. The molecule has 0 spiro atoms. The number of nitrogens with zero attached hydrogens (tertiary/aromatic N) is 2. The molecule has 2 heterocycles. The van der Waals surface area contributed by atoms with Gasteiger partial charge in [0.1, 0.15) is 5.82 Å². The van der Waals surface area contributed by atoms with Gasteiger partial charge in [0, 0.05) is 30.3 Å². The van der Waals surface area contributed by atoms with Gasteiger partial charge in [-0.1, -0.05) is 25.1 Å². The first-order valence-corrected chi connectivity index (χ1v) is 8.11. The summed E-state index contributed by atoms with van der Waals surface area (Å²) < 4.78 is 0. The summed E-state index contributed by atoms with van der Waals surface area (Å²) in [5.41, 5.74) is 1.92. The summed E-state index contributed by atoms with van der Waals surface area (Å²) in [5, 5.41) is 3.86. The van der Waals surface area contributed by atoms with Crippen LogP contribution in [0.1, 0.15) is 31.5 Å². The van der Waals surface area contributed by atoms with Gasteiger partial charge in [-0.3, -0.25) is 4.79 Å². The van der Waals surface area contributed by atoms with Crippen LogP contribution in [0, 0.1) is 0 Å². The standard InChI is InChI=1S/C15H20N4OS/c1-3-5-12-9-14(20)19-15(18-12)21-10-11-6-7-17-13(8-11)16-4-2/h6-9H,3-5,10H2,1-2H3,(H,16,17)(H,18,19,20). The highest BCUT2D eigenvalue weighted by molar-refractivity contribution is 7.98. The summed E-state index contributed by atoms with van der Waals surface area (Å²) in [7, 11) is 0. The first-order valence-electron chi connectivity index (χ1n) is 7.13. The molecule has 2 aromatic heterocycles. The number of H-pyrrole nitrogens is 1. The van der Waals surface area contributed by atoms with Gasteiger partial charge >= 0.3 is 0 Å². The number of anilines is 1. The highest BCUT2D eigenvalue weighted by atomic mass is 32.2. The van der Waals surface area contributed by atoms with E-state index < -0.39 is 0 Å². The molecule has 0 bridgehead atoms. The van der Waals surface area contributed by atoms with E-state index in [1.807, 2.05) is 19.1 Å². The Balaban J connectivity index is 2.05. The number of aromatic amines is 1. The van der Waals surface area contributed by atoms with Gasteiger partial charge in [-0.15, -0.1) is 0 Å². The van der Waals surface area contributed by atoms with Crippen LogP contribution in [-0.2, 0) is 12.2 Å². The Morgan fingerprint density at radius 3 is 2.95 bits per heavy atom. The molecule has 0 aromatic carbocycles. The second-order valence-corrected chi connectivity index (χ2v) is 5.62. The van der Waals surface area contributed by atoms with Gasteiger partial charge < -0.3 is 10.3 Å². The number of hydrogen-bond acceptors (Lipinski definition) is 5. The average Bonchev–Trinajstić information content (AvgIpc) is 2.46. The van der Waals surface area contributed by atoms with Crippen molar-refractivity contribution in [2.24, 2.45) is 0 Å². The van der Waals surface area contributed by atoms with Gasteiger partial charge in [-0.25, -0.2) is 9.97 Å². The Labute approximate surface area is 128 Å². The second-order valence-electron chi connectivity index (χ2n) is 4.66. The lowest BCUT2D eigenvalue weighted by Crippen LogP contribution is -2.10. The molecule has 6 heteroatoms. The average molecular weight is 304 g/mol. The van der Waals surface area contributed by atoms with Crippen molar-refractivity contribution in [2.75, 3.05) is 11.9 Å². The fraction of sp³-hybridized carbons (Fsp3) is 0.400. The molecule has 2 N–H and O–H groups in total. The van der Waals surface area contributed by atoms with Crippen molar-refractivity contribution in [3.05, 3.63) is 46.0 Å². The maximum Gasteiger partial charge on any atom is 0.251 e. The van der Waals surface area contributed by atoms with Crippen LogP contribution in [0.5, 0.6) is 0 Å². The van der Waals surface area contributed by atoms with Crippen LogP contribution in [0.3, 0.4) is 0 Å². The van der Waals surface area contributed by atoms with E-state index in [2.05, 4.69) is 27.2 Å². The van der Waals surface area contributed by atoms with Gasteiger partial charge in [-0.2, -0.15) is 0 Å². The summed E-state index contributed by atoms with van der Waals surface area (Å²) in [6, 6.07) is 5.57. The van der Waals surface area contributed by atoms with Gasteiger partial charge in [-0.05, 0) is 31.0 Å². The lowest BCUT2D eigenvalue weighted by Gasteiger charge is -2.06. The Morgan fingerprint density at radius 2 is 2.19 bits per heavy atom. The number of aromatic nitrogens is 3. The molecule has 0 unspecified atom stereocenters. The van der Waals surface area contributed by atoms with E-state index in [0.29, 0.717) is 5.16 Å². The summed E-state index contributed by atoms with van der Waals surface area (Å²) >= 11 is 1.53. The smallest absolute Gasteiger partial charge is 0.251 e. The molecule has 2 aromatic rings. The molecule has 5 nitrogen and oxygen atoms in total. The predicted molar refractivity (Wildman–Crippen MR) is 86.8 cm³/mol. The Bertz CT molecular complexity index is 642. The van der Waals surface area contributed by atoms with Crippen LogP contribution >= 0.6 is 11.8 Å².